The van der Waals surface area contributed by atoms with Gasteiger partial charge in [0.2, 0.25) is 0 Å². The summed E-state index contributed by atoms with van der Waals surface area (Å²) in [6, 6.07) is 6.48. The zero-order valence-electron chi connectivity index (χ0n) is 17.1. The molecule has 2 aliphatic heterocycles. The number of β-lactam (4-membered cyclic amide) rings is 1. The molecule has 0 saturated carbocycles. The number of likely N-dealkylation sites (tertiary alicyclic amines) is 2. The number of hydrogen-bond donors (Lipinski definition) is 0. The summed E-state index contributed by atoms with van der Waals surface area (Å²) in [7, 11) is 5.00. The Morgan fingerprint density at radius 1 is 1.11 bits per heavy atom. The summed E-state index contributed by atoms with van der Waals surface area (Å²) in [5, 5.41) is 0. The molecule has 6 nitrogen and oxygen atoms in total. The van der Waals surface area contributed by atoms with Crippen LogP contribution in [0.5, 0.6) is 11.5 Å². The van der Waals surface area contributed by atoms with E-state index in [1.807, 2.05) is 17.0 Å². The van der Waals surface area contributed by atoms with Crippen molar-refractivity contribution in [3.63, 3.8) is 0 Å². The Morgan fingerprint density at radius 3 is 2.37 bits per heavy atom. The van der Waals surface area contributed by atoms with Crippen LogP contribution in [0.3, 0.4) is 0 Å². The molecule has 2 saturated heterocycles. The first-order chi connectivity index (χ1) is 13.0. The number of amides is 1. The molecule has 2 atom stereocenters. The molecule has 150 valence electrons. The van der Waals surface area contributed by atoms with Crippen LogP contribution in [0, 0.1) is 5.92 Å². The van der Waals surface area contributed by atoms with E-state index in [0.717, 1.165) is 49.5 Å². The van der Waals surface area contributed by atoms with Gasteiger partial charge in [-0.2, -0.15) is 0 Å². The maximum atomic E-state index is 12.3. The maximum absolute atomic E-state index is 12.3. The number of nitrogens with zero attached hydrogens (tertiary/aromatic N) is 2. The predicted molar refractivity (Wildman–Crippen MR) is 104 cm³/mol. The minimum Gasteiger partial charge on any atom is -0.493 e. The smallest absolute Gasteiger partial charge is 0.254 e. The van der Waals surface area contributed by atoms with Crippen LogP contribution in [0.15, 0.2) is 18.2 Å². The van der Waals surface area contributed by atoms with Crippen molar-refractivity contribution in [1.82, 2.24) is 9.80 Å². The van der Waals surface area contributed by atoms with Gasteiger partial charge in [-0.1, -0.05) is 12.1 Å². The lowest BCUT2D eigenvalue weighted by Crippen LogP contribution is -2.70. The van der Waals surface area contributed by atoms with Crippen LogP contribution in [0.25, 0.3) is 0 Å². The number of methoxy groups -OCH3 is 3. The number of rotatable bonds is 7. The van der Waals surface area contributed by atoms with Crippen molar-refractivity contribution >= 4 is 5.91 Å². The highest BCUT2D eigenvalue weighted by Crippen LogP contribution is 2.37. The average molecular weight is 376 g/mol. The average Bonchev–Trinajstić information content (AvgIpc) is 2.66. The lowest BCUT2D eigenvalue weighted by Gasteiger charge is -2.53. The van der Waals surface area contributed by atoms with E-state index in [2.05, 4.69) is 24.8 Å². The Labute approximate surface area is 162 Å². The number of carbonyl (C=O) groups excluding carboxylic acids is 1. The molecule has 3 rings (SSSR count). The number of benzene rings is 1. The summed E-state index contributed by atoms with van der Waals surface area (Å²) < 4.78 is 16.5. The van der Waals surface area contributed by atoms with Gasteiger partial charge in [-0.05, 0) is 51.8 Å². The fourth-order valence-electron chi connectivity index (χ4n) is 4.59. The molecule has 0 spiro atoms. The van der Waals surface area contributed by atoms with Crippen LogP contribution < -0.4 is 9.47 Å². The largest absolute Gasteiger partial charge is 0.493 e. The minimum absolute atomic E-state index is 0.140. The second-order valence-electron chi connectivity index (χ2n) is 7.75. The van der Waals surface area contributed by atoms with Crippen molar-refractivity contribution in [2.24, 2.45) is 5.92 Å². The zero-order valence-corrected chi connectivity index (χ0v) is 17.1. The van der Waals surface area contributed by atoms with E-state index >= 15 is 0 Å². The monoisotopic (exact) mass is 376 g/mol. The van der Waals surface area contributed by atoms with Gasteiger partial charge in [0.05, 0.1) is 20.3 Å². The van der Waals surface area contributed by atoms with Crippen LogP contribution in [0.4, 0.5) is 0 Å². The topological polar surface area (TPSA) is 51.2 Å². The van der Waals surface area contributed by atoms with Gasteiger partial charge in [-0.25, -0.2) is 0 Å². The first-order valence-corrected chi connectivity index (χ1v) is 9.79. The van der Waals surface area contributed by atoms with E-state index < -0.39 is 0 Å². The molecule has 6 heteroatoms. The fraction of sp³-hybridized carbons (Fsp3) is 0.667. The quantitative estimate of drug-likeness (QED) is 0.685. The Hall–Kier alpha value is -1.79. The molecule has 0 unspecified atom stereocenters. The van der Waals surface area contributed by atoms with Crippen LogP contribution in [0.1, 0.15) is 32.3 Å². The second kappa shape index (κ2) is 8.48. The molecule has 0 N–H and O–H groups in total. The number of para-hydroxylation sites is 1. The van der Waals surface area contributed by atoms with Gasteiger partial charge >= 0.3 is 0 Å². The molecule has 1 amide bonds. The molecular weight excluding hydrogens is 344 g/mol. The molecular formula is C21H32N2O4. The summed E-state index contributed by atoms with van der Waals surface area (Å²) >= 11 is 0. The van der Waals surface area contributed by atoms with Crippen molar-refractivity contribution in [3.05, 3.63) is 23.8 Å². The first-order valence-electron chi connectivity index (χ1n) is 9.79. The van der Waals surface area contributed by atoms with Crippen molar-refractivity contribution < 1.29 is 19.0 Å². The lowest BCUT2D eigenvalue weighted by molar-refractivity contribution is -0.181. The summed E-state index contributed by atoms with van der Waals surface area (Å²) in [4.78, 5) is 16.8. The van der Waals surface area contributed by atoms with E-state index in [4.69, 9.17) is 14.2 Å². The van der Waals surface area contributed by atoms with Crippen LogP contribution >= 0.6 is 0 Å². The van der Waals surface area contributed by atoms with Gasteiger partial charge in [-0.3, -0.25) is 9.69 Å². The van der Waals surface area contributed by atoms with E-state index in [9.17, 15) is 4.79 Å². The van der Waals surface area contributed by atoms with Crippen molar-refractivity contribution in [3.8, 4) is 11.5 Å². The van der Waals surface area contributed by atoms with Gasteiger partial charge in [0.1, 0.15) is 0 Å². The Morgan fingerprint density at radius 2 is 1.81 bits per heavy atom. The predicted octanol–water partition coefficient (Wildman–Crippen LogP) is 2.55. The molecule has 2 heterocycles. The van der Waals surface area contributed by atoms with Gasteiger partial charge in [0, 0.05) is 25.3 Å². The van der Waals surface area contributed by atoms with E-state index in [-0.39, 0.29) is 24.1 Å². The number of hydrogen-bond acceptors (Lipinski definition) is 5. The van der Waals surface area contributed by atoms with Crippen molar-refractivity contribution in [1.29, 1.82) is 0 Å². The van der Waals surface area contributed by atoms with Gasteiger partial charge < -0.3 is 19.1 Å². The Bertz CT molecular complexity index is 656. The van der Waals surface area contributed by atoms with Gasteiger partial charge in [0.15, 0.2) is 17.6 Å². The van der Waals surface area contributed by atoms with E-state index in [1.165, 1.54) is 0 Å². The Kier molecular flexibility index (Phi) is 6.27. The van der Waals surface area contributed by atoms with Crippen molar-refractivity contribution in [2.45, 2.75) is 51.4 Å². The number of carbonyl (C=O) groups is 1. The fourth-order valence-corrected chi connectivity index (χ4v) is 4.59. The highest BCUT2D eigenvalue weighted by atomic mass is 16.5. The molecule has 0 aromatic heterocycles. The number of ether oxygens (including phenoxy) is 3. The summed E-state index contributed by atoms with van der Waals surface area (Å²) in [5.41, 5.74) is 1.15. The normalized spacial score (nSPS) is 24.2. The maximum Gasteiger partial charge on any atom is 0.254 e. The van der Waals surface area contributed by atoms with Gasteiger partial charge in [0.25, 0.3) is 5.91 Å². The minimum atomic E-state index is -0.262. The van der Waals surface area contributed by atoms with Crippen LogP contribution in [0.2, 0.25) is 0 Å². The Balaban J connectivity index is 1.62. The molecule has 2 fully saturated rings. The molecule has 1 aromatic rings. The highest BCUT2D eigenvalue weighted by molar-refractivity contribution is 5.88. The lowest BCUT2D eigenvalue weighted by atomic mass is 9.79. The SMILES string of the molecule is COc1cccc(CN2CCC([C@H]3[C@@H](OC)C(=O)N3C(C)C)CC2)c1OC. The van der Waals surface area contributed by atoms with Crippen LogP contribution in [-0.2, 0) is 16.1 Å². The highest BCUT2D eigenvalue weighted by Gasteiger charge is 2.52. The van der Waals surface area contributed by atoms with E-state index in [1.54, 1.807) is 21.3 Å². The third-order valence-corrected chi connectivity index (χ3v) is 5.93. The van der Waals surface area contributed by atoms with Crippen molar-refractivity contribution in [2.75, 3.05) is 34.4 Å². The molecule has 1 aromatic carbocycles. The second-order valence-corrected chi connectivity index (χ2v) is 7.75. The molecule has 27 heavy (non-hydrogen) atoms. The molecule has 0 radical (unpaired) electrons. The summed E-state index contributed by atoms with van der Waals surface area (Å²) in [6.45, 7) is 7.04. The molecule has 0 bridgehead atoms. The zero-order chi connectivity index (χ0) is 19.6. The summed E-state index contributed by atoms with van der Waals surface area (Å²) in [6.07, 6.45) is 1.89. The van der Waals surface area contributed by atoms with Crippen LogP contribution in [-0.4, -0.2) is 68.3 Å². The molecule has 0 aliphatic carbocycles. The summed E-state index contributed by atoms with van der Waals surface area (Å²) in [5.74, 6) is 2.23. The van der Waals surface area contributed by atoms with Gasteiger partial charge in [-0.15, -0.1) is 0 Å². The third kappa shape index (κ3) is 3.78. The molecule has 2 aliphatic rings. The number of piperidine rings is 1. The van der Waals surface area contributed by atoms with E-state index in [0.29, 0.717) is 5.92 Å². The standard InChI is InChI=1S/C21H32N2O4/c1-14(2)23-18(20(27-5)21(23)24)15-9-11-22(12-10-15)13-16-7-6-8-17(25-3)19(16)26-4/h6-8,14-15,18,20H,9-13H2,1-5H3/t18-,20+/m0/s1. The third-order valence-electron chi connectivity index (χ3n) is 5.93. The first kappa shape index (κ1) is 20.0.